The number of halogens is 1. The summed E-state index contributed by atoms with van der Waals surface area (Å²) >= 11 is 7.55. The van der Waals surface area contributed by atoms with E-state index in [1.165, 1.54) is 23.9 Å². The third kappa shape index (κ3) is 5.66. The number of nitro benzene ring substituents is 1. The summed E-state index contributed by atoms with van der Waals surface area (Å²) in [7, 11) is 0. The number of carbonyl (C=O) groups excluding carboxylic acids is 1. The van der Waals surface area contributed by atoms with E-state index >= 15 is 0 Å². The summed E-state index contributed by atoms with van der Waals surface area (Å²) < 4.78 is 5.92. The Morgan fingerprint density at radius 1 is 0.973 bits per heavy atom. The predicted octanol–water partition coefficient (Wildman–Crippen LogP) is 7.18. The van der Waals surface area contributed by atoms with Crippen LogP contribution in [0.5, 0.6) is 0 Å². The highest BCUT2D eigenvalue weighted by Gasteiger charge is 2.33. The van der Waals surface area contributed by atoms with E-state index in [9.17, 15) is 14.9 Å². The Morgan fingerprint density at radius 3 is 2.35 bits per heavy atom. The Balaban J connectivity index is 1.42. The van der Waals surface area contributed by atoms with Crippen molar-refractivity contribution in [1.82, 2.24) is 4.90 Å². The van der Waals surface area contributed by atoms with E-state index in [4.69, 9.17) is 21.0 Å². The maximum Gasteiger partial charge on any atom is 0.270 e. The third-order valence-corrected chi connectivity index (χ3v) is 7.00. The van der Waals surface area contributed by atoms with Gasteiger partial charge in [-0.05, 0) is 41.1 Å². The third-order valence-electron chi connectivity index (χ3n) is 5.64. The van der Waals surface area contributed by atoms with Crippen molar-refractivity contribution < 1.29 is 14.1 Å². The van der Waals surface area contributed by atoms with Crippen LogP contribution in [0.3, 0.4) is 0 Å². The number of amides is 1. The zero-order valence-electron chi connectivity index (χ0n) is 19.4. The normalized spacial score (nSPS) is 15.6. The van der Waals surface area contributed by atoms with Crippen LogP contribution in [0.15, 0.2) is 105 Å². The molecular weight excluding hydrogens is 510 g/mol. The average molecular weight is 530 g/mol. The van der Waals surface area contributed by atoms with Crippen LogP contribution in [0.2, 0.25) is 5.02 Å². The molecule has 0 N–H and O–H groups in total. The van der Waals surface area contributed by atoms with Gasteiger partial charge in [0.1, 0.15) is 11.5 Å². The van der Waals surface area contributed by atoms with Crippen LogP contribution in [0.25, 0.3) is 17.4 Å². The van der Waals surface area contributed by atoms with Crippen LogP contribution < -0.4 is 0 Å². The highest BCUT2D eigenvalue weighted by molar-refractivity contribution is 8.18. The van der Waals surface area contributed by atoms with Crippen LogP contribution >= 0.6 is 23.4 Å². The van der Waals surface area contributed by atoms with Gasteiger partial charge in [-0.2, -0.15) is 0 Å². The molecular formula is C28H20ClN3O4S. The van der Waals surface area contributed by atoms with Crippen molar-refractivity contribution in [2.24, 2.45) is 4.99 Å². The van der Waals surface area contributed by atoms with E-state index < -0.39 is 4.92 Å². The van der Waals surface area contributed by atoms with Crippen molar-refractivity contribution in [3.8, 4) is 11.3 Å². The number of nitro groups is 1. The summed E-state index contributed by atoms with van der Waals surface area (Å²) in [5, 5.41) is 11.8. The lowest BCUT2D eigenvalue weighted by atomic mass is 10.1. The average Bonchev–Trinajstić information content (AvgIpc) is 3.49. The number of amidine groups is 1. The number of hydrogen-bond donors (Lipinski definition) is 0. The Bertz CT molecular complexity index is 1520. The van der Waals surface area contributed by atoms with Gasteiger partial charge in [0.25, 0.3) is 11.6 Å². The number of rotatable bonds is 7. The Hall–Kier alpha value is -4.14. The summed E-state index contributed by atoms with van der Waals surface area (Å²) in [4.78, 5) is 30.8. The molecule has 5 rings (SSSR count). The van der Waals surface area contributed by atoms with Crippen molar-refractivity contribution in [3.63, 3.8) is 0 Å². The maximum atomic E-state index is 13.4. The molecule has 0 radical (unpaired) electrons. The topological polar surface area (TPSA) is 88.9 Å². The van der Waals surface area contributed by atoms with Gasteiger partial charge in [0.05, 0.1) is 27.9 Å². The molecule has 1 aliphatic heterocycles. The fourth-order valence-corrected chi connectivity index (χ4v) is 5.02. The first-order valence-electron chi connectivity index (χ1n) is 11.4. The molecule has 1 saturated heterocycles. The number of nitrogens with zero attached hydrogens (tertiary/aromatic N) is 3. The molecule has 2 heterocycles. The molecule has 9 heteroatoms. The fraction of sp³-hybridized carbons (Fsp3) is 0.0714. The summed E-state index contributed by atoms with van der Waals surface area (Å²) in [6.45, 7) is 0.859. The minimum atomic E-state index is -0.505. The highest BCUT2D eigenvalue weighted by atomic mass is 35.5. The predicted molar refractivity (Wildman–Crippen MR) is 146 cm³/mol. The van der Waals surface area contributed by atoms with Gasteiger partial charge in [0.2, 0.25) is 0 Å². The number of hydrogen-bond acceptors (Lipinski definition) is 6. The van der Waals surface area contributed by atoms with E-state index in [1.807, 2.05) is 60.7 Å². The number of furan rings is 1. The number of non-ortho nitro benzene ring substituents is 1. The number of thioether (sulfide) groups is 1. The molecule has 1 aliphatic rings. The first kappa shape index (κ1) is 24.5. The molecule has 0 spiro atoms. The van der Waals surface area contributed by atoms with Crippen molar-refractivity contribution >= 4 is 46.2 Å². The first-order valence-corrected chi connectivity index (χ1v) is 12.6. The zero-order chi connectivity index (χ0) is 25.8. The van der Waals surface area contributed by atoms with Crippen molar-refractivity contribution in [3.05, 3.63) is 128 Å². The molecule has 4 aromatic rings. The number of benzene rings is 3. The number of aliphatic imine (C=N–C) groups is 1. The van der Waals surface area contributed by atoms with Gasteiger partial charge < -0.3 is 4.42 Å². The molecule has 0 bridgehead atoms. The highest BCUT2D eigenvalue weighted by Crippen LogP contribution is 2.36. The molecule has 1 aromatic heterocycles. The largest absolute Gasteiger partial charge is 0.457 e. The number of carbonyl (C=O) groups is 1. The molecule has 184 valence electrons. The molecule has 1 fully saturated rings. The second kappa shape index (κ2) is 10.9. The minimum absolute atomic E-state index is 0.101. The van der Waals surface area contributed by atoms with E-state index in [2.05, 4.69) is 0 Å². The molecule has 0 atom stereocenters. The van der Waals surface area contributed by atoms with Gasteiger partial charge in [-0.3, -0.25) is 24.8 Å². The molecule has 3 aromatic carbocycles. The lowest BCUT2D eigenvalue weighted by Crippen LogP contribution is -2.28. The second-order valence-electron chi connectivity index (χ2n) is 8.20. The minimum Gasteiger partial charge on any atom is -0.457 e. The Morgan fingerprint density at radius 2 is 1.68 bits per heavy atom. The van der Waals surface area contributed by atoms with Crippen LogP contribution in [0, 0.1) is 10.1 Å². The summed E-state index contributed by atoms with van der Waals surface area (Å²) in [6.07, 6.45) is 1.68. The quantitative estimate of drug-likeness (QED) is 0.144. The molecule has 37 heavy (non-hydrogen) atoms. The lowest BCUT2D eigenvalue weighted by molar-refractivity contribution is -0.384. The molecule has 0 unspecified atom stereocenters. The smallest absolute Gasteiger partial charge is 0.270 e. The maximum absolute atomic E-state index is 13.4. The standard InChI is InChI=1S/C28H20ClN3O4S/c29-24-15-21(32(34)35)11-13-23(24)25-14-12-22(36-25)16-26-27(33)31(18-20-9-5-2-6-10-20)28(37-26)30-17-19-7-3-1-4-8-19/h1-16H,17-18H2/b26-16-,30-28?. The monoisotopic (exact) mass is 529 g/mol. The molecule has 7 nitrogen and oxygen atoms in total. The Kier molecular flexibility index (Phi) is 7.20. The molecule has 0 aliphatic carbocycles. The summed E-state index contributed by atoms with van der Waals surface area (Å²) in [6, 6.07) is 27.3. The van der Waals surface area contributed by atoms with Crippen LogP contribution in [0.1, 0.15) is 16.9 Å². The van der Waals surface area contributed by atoms with Crippen LogP contribution in [-0.4, -0.2) is 20.9 Å². The second-order valence-corrected chi connectivity index (χ2v) is 9.61. The van der Waals surface area contributed by atoms with Gasteiger partial charge in [-0.15, -0.1) is 0 Å². The fourth-order valence-electron chi connectivity index (χ4n) is 3.80. The van der Waals surface area contributed by atoms with Crippen LogP contribution in [0.4, 0.5) is 5.69 Å². The van der Waals surface area contributed by atoms with E-state index in [1.54, 1.807) is 29.2 Å². The van der Waals surface area contributed by atoms with Gasteiger partial charge in [0, 0.05) is 23.8 Å². The Labute approximate surface area is 222 Å². The zero-order valence-corrected chi connectivity index (χ0v) is 21.0. The summed E-state index contributed by atoms with van der Waals surface area (Å²) in [5.41, 5.74) is 2.48. The van der Waals surface area contributed by atoms with Crippen LogP contribution in [-0.2, 0) is 17.9 Å². The molecule has 1 amide bonds. The SMILES string of the molecule is O=C1/C(=C/c2ccc(-c3ccc([N+](=O)[O-])cc3Cl)o2)SC(=NCc2ccccc2)N1Cc1ccccc1. The van der Waals surface area contributed by atoms with Gasteiger partial charge in [-0.1, -0.05) is 72.3 Å². The van der Waals surface area contributed by atoms with Gasteiger partial charge in [0.15, 0.2) is 5.17 Å². The van der Waals surface area contributed by atoms with Gasteiger partial charge in [-0.25, -0.2) is 0 Å². The summed E-state index contributed by atoms with van der Waals surface area (Å²) in [5.74, 6) is 0.748. The van der Waals surface area contributed by atoms with Crippen molar-refractivity contribution in [2.45, 2.75) is 13.1 Å². The lowest BCUT2D eigenvalue weighted by Gasteiger charge is -2.15. The van der Waals surface area contributed by atoms with Crippen molar-refractivity contribution in [1.29, 1.82) is 0 Å². The van der Waals surface area contributed by atoms with E-state index in [0.29, 0.717) is 40.2 Å². The van der Waals surface area contributed by atoms with E-state index in [-0.39, 0.29) is 16.6 Å². The van der Waals surface area contributed by atoms with Crippen molar-refractivity contribution in [2.75, 3.05) is 0 Å². The van der Waals surface area contributed by atoms with E-state index in [0.717, 1.165) is 11.1 Å². The molecule has 0 saturated carbocycles. The first-order chi connectivity index (χ1) is 18.0. The van der Waals surface area contributed by atoms with Gasteiger partial charge >= 0.3 is 0 Å².